The van der Waals surface area contributed by atoms with Crippen LogP contribution in [0, 0.1) is 5.92 Å². The van der Waals surface area contributed by atoms with Gasteiger partial charge in [0.05, 0.1) is 12.2 Å². The molecule has 1 atom stereocenters. The third-order valence-electron chi connectivity index (χ3n) is 4.30. The SMILES string of the molecule is CCOC(=O)c1cc(NC(C)C2CCCCC2)ccc1N. The predicted octanol–water partition coefficient (Wildman–Crippen LogP) is 3.83. The van der Waals surface area contributed by atoms with Crippen LogP contribution in [0.2, 0.25) is 0 Å². The summed E-state index contributed by atoms with van der Waals surface area (Å²) in [6.07, 6.45) is 6.58. The molecule has 116 valence electrons. The Morgan fingerprint density at radius 2 is 2.10 bits per heavy atom. The van der Waals surface area contributed by atoms with Crippen LogP contribution < -0.4 is 11.1 Å². The lowest BCUT2D eigenvalue weighted by Crippen LogP contribution is -2.27. The molecule has 1 aliphatic rings. The van der Waals surface area contributed by atoms with Crippen molar-refractivity contribution in [3.8, 4) is 0 Å². The van der Waals surface area contributed by atoms with E-state index in [-0.39, 0.29) is 5.97 Å². The highest BCUT2D eigenvalue weighted by atomic mass is 16.5. The van der Waals surface area contributed by atoms with Crippen molar-refractivity contribution in [1.29, 1.82) is 0 Å². The Labute approximate surface area is 127 Å². The summed E-state index contributed by atoms with van der Waals surface area (Å²) in [5, 5.41) is 3.51. The van der Waals surface area contributed by atoms with E-state index in [1.807, 2.05) is 6.07 Å². The lowest BCUT2D eigenvalue weighted by molar-refractivity contribution is 0.0527. The fourth-order valence-corrected chi connectivity index (χ4v) is 3.05. The van der Waals surface area contributed by atoms with Crippen LogP contribution in [0.4, 0.5) is 11.4 Å². The number of esters is 1. The average Bonchev–Trinajstić information content (AvgIpc) is 2.50. The maximum Gasteiger partial charge on any atom is 0.340 e. The van der Waals surface area contributed by atoms with Gasteiger partial charge in [0.15, 0.2) is 0 Å². The van der Waals surface area contributed by atoms with Crippen LogP contribution >= 0.6 is 0 Å². The molecule has 0 bridgehead atoms. The van der Waals surface area contributed by atoms with E-state index in [0.29, 0.717) is 29.8 Å². The number of nitrogens with two attached hydrogens (primary N) is 1. The van der Waals surface area contributed by atoms with Gasteiger partial charge in [-0.25, -0.2) is 4.79 Å². The molecule has 2 rings (SSSR count). The standard InChI is InChI=1S/C17H26N2O2/c1-3-21-17(20)15-11-14(9-10-16(15)18)19-12(2)13-7-5-4-6-8-13/h9-13,19H,3-8,18H2,1-2H3. The number of carbonyl (C=O) groups excluding carboxylic acids is 1. The third kappa shape index (κ3) is 4.13. The molecule has 1 saturated carbocycles. The molecule has 0 aromatic heterocycles. The predicted molar refractivity (Wildman–Crippen MR) is 86.5 cm³/mol. The molecule has 21 heavy (non-hydrogen) atoms. The van der Waals surface area contributed by atoms with E-state index in [1.165, 1.54) is 32.1 Å². The van der Waals surface area contributed by atoms with Crippen LogP contribution in [0.3, 0.4) is 0 Å². The summed E-state index contributed by atoms with van der Waals surface area (Å²) >= 11 is 0. The van der Waals surface area contributed by atoms with Gasteiger partial charge in [0.1, 0.15) is 0 Å². The van der Waals surface area contributed by atoms with Gasteiger partial charge in [-0.15, -0.1) is 0 Å². The van der Waals surface area contributed by atoms with Gasteiger partial charge in [-0.05, 0) is 50.8 Å². The first-order valence-corrected chi connectivity index (χ1v) is 7.95. The lowest BCUT2D eigenvalue weighted by atomic mass is 9.84. The number of nitrogen functional groups attached to an aromatic ring is 1. The van der Waals surface area contributed by atoms with Crippen molar-refractivity contribution in [2.45, 2.75) is 52.0 Å². The smallest absolute Gasteiger partial charge is 0.340 e. The topological polar surface area (TPSA) is 64.3 Å². The number of hydrogen-bond acceptors (Lipinski definition) is 4. The van der Waals surface area contributed by atoms with E-state index in [1.54, 1.807) is 19.1 Å². The van der Waals surface area contributed by atoms with Gasteiger partial charge in [0.25, 0.3) is 0 Å². The zero-order valence-corrected chi connectivity index (χ0v) is 13.0. The number of anilines is 2. The number of carbonyl (C=O) groups is 1. The van der Waals surface area contributed by atoms with Gasteiger partial charge in [-0.1, -0.05) is 19.3 Å². The average molecular weight is 290 g/mol. The minimum atomic E-state index is -0.357. The van der Waals surface area contributed by atoms with Crippen LogP contribution in [-0.4, -0.2) is 18.6 Å². The van der Waals surface area contributed by atoms with Crippen molar-refractivity contribution >= 4 is 17.3 Å². The van der Waals surface area contributed by atoms with Crippen molar-refractivity contribution < 1.29 is 9.53 Å². The summed E-state index contributed by atoms with van der Waals surface area (Å²) < 4.78 is 5.04. The second-order valence-corrected chi connectivity index (χ2v) is 5.85. The number of benzene rings is 1. The number of hydrogen-bond donors (Lipinski definition) is 2. The van der Waals surface area contributed by atoms with Gasteiger partial charge >= 0.3 is 5.97 Å². The Balaban J connectivity index is 2.05. The molecule has 1 aromatic rings. The first-order chi connectivity index (χ1) is 10.1. The molecule has 0 amide bonds. The largest absolute Gasteiger partial charge is 0.462 e. The second-order valence-electron chi connectivity index (χ2n) is 5.85. The highest BCUT2D eigenvalue weighted by Gasteiger charge is 2.20. The van der Waals surface area contributed by atoms with Crippen molar-refractivity contribution in [1.82, 2.24) is 0 Å². The molecule has 1 unspecified atom stereocenters. The molecule has 4 heteroatoms. The summed E-state index contributed by atoms with van der Waals surface area (Å²) in [4.78, 5) is 11.9. The number of nitrogens with one attached hydrogen (secondary N) is 1. The quantitative estimate of drug-likeness (QED) is 0.639. The number of rotatable bonds is 5. The van der Waals surface area contributed by atoms with Crippen molar-refractivity contribution in [2.24, 2.45) is 5.92 Å². The van der Waals surface area contributed by atoms with Crippen LogP contribution in [0.1, 0.15) is 56.3 Å². The Kier molecular flexibility index (Phi) is 5.48. The van der Waals surface area contributed by atoms with E-state index >= 15 is 0 Å². The molecule has 4 nitrogen and oxygen atoms in total. The van der Waals surface area contributed by atoms with E-state index in [0.717, 1.165) is 5.69 Å². The van der Waals surface area contributed by atoms with E-state index in [4.69, 9.17) is 10.5 Å². The Morgan fingerprint density at radius 3 is 2.76 bits per heavy atom. The summed E-state index contributed by atoms with van der Waals surface area (Å²) in [5.74, 6) is 0.353. The van der Waals surface area contributed by atoms with Crippen LogP contribution in [0.15, 0.2) is 18.2 Å². The normalized spacial score (nSPS) is 17.2. The zero-order valence-electron chi connectivity index (χ0n) is 13.0. The van der Waals surface area contributed by atoms with Gasteiger partial charge in [-0.2, -0.15) is 0 Å². The fraction of sp³-hybridized carbons (Fsp3) is 0.588. The Bertz CT molecular complexity index is 482. The molecular weight excluding hydrogens is 264 g/mol. The van der Waals surface area contributed by atoms with E-state index in [2.05, 4.69) is 12.2 Å². The summed E-state index contributed by atoms with van der Waals surface area (Å²) in [6, 6.07) is 5.90. The van der Waals surface area contributed by atoms with Crippen molar-refractivity contribution in [3.63, 3.8) is 0 Å². The second kappa shape index (κ2) is 7.34. The molecule has 0 heterocycles. The molecule has 1 aromatic carbocycles. The number of ether oxygens (including phenoxy) is 1. The summed E-state index contributed by atoms with van der Waals surface area (Å²) in [7, 11) is 0. The maximum atomic E-state index is 11.9. The first kappa shape index (κ1) is 15.7. The van der Waals surface area contributed by atoms with Gasteiger partial charge in [0.2, 0.25) is 0 Å². The molecule has 0 radical (unpaired) electrons. The molecule has 0 saturated heterocycles. The van der Waals surface area contributed by atoms with E-state index < -0.39 is 0 Å². The van der Waals surface area contributed by atoms with Crippen LogP contribution in [0.5, 0.6) is 0 Å². The van der Waals surface area contributed by atoms with Crippen LogP contribution in [0.25, 0.3) is 0 Å². The molecule has 0 spiro atoms. The zero-order chi connectivity index (χ0) is 15.2. The lowest BCUT2D eigenvalue weighted by Gasteiger charge is -2.29. The summed E-state index contributed by atoms with van der Waals surface area (Å²) in [6.45, 7) is 4.37. The maximum absolute atomic E-state index is 11.9. The molecule has 1 fully saturated rings. The highest BCUT2D eigenvalue weighted by molar-refractivity contribution is 5.96. The van der Waals surface area contributed by atoms with Gasteiger partial charge < -0.3 is 15.8 Å². The first-order valence-electron chi connectivity index (χ1n) is 7.95. The summed E-state index contributed by atoms with van der Waals surface area (Å²) in [5.41, 5.74) is 7.71. The molecule has 1 aliphatic carbocycles. The minimum absolute atomic E-state index is 0.356. The fourth-order valence-electron chi connectivity index (χ4n) is 3.05. The monoisotopic (exact) mass is 290 g/mol. The highest BCUT2D eigenvalue weighted by Crippen LogP contribution is 2.28. The molecule has 3 N–H and O–H groups in total. The van der Waals surface area contributed by atoms with Crippen molar-refractivity contribution in [3.05, 3.63) is 23.8 Å². The van der Waals surface area contributed by atoms with Gasteiger partial charge in [-0.3, -0.25) is 0 Å². The van der Waals surface area contributed by atoms with Crippen LogP contribution in [-0.2, 0) is 4.74 Å². The Morgan fingerprint density at radius 1 is 1.38 bits per heavy atom. The molecular formula is C17H26N2O2. The van der Waals surface area contributed by atoms with E-state index in [9.17, 15) is 4.79 Å². The molecule has 0 aliphatic heterocycles. The third-order valence-corrected chi connectivity index (χ3v) is 4.30. The Hall–Kier alpha value is -1.71. The minimum Gasteiger partial charge on any atom is -0.462 e. The van der Waals surface area contributed by atoms with Crippen molar-refractivity contribution in [2.75, 3.05) is 17.7 Å². The van der Waals surface area contributed by atoms with Gasteiger partial charge in [0, 0.05) is 17.4 Å².